The van der Waals surface area contributed by atoms with Crippen LogP contribution < -0.4 is 10.1 Å². The summed E-state index contributed by atoms with van der Waals surface area (Å²) in [5.41, 5.74) is 3.24. The molecule has 0 radical (unpaired) electrons. The van der Waals surface area contributed by atoms with Crippen molar-refractivity contribution in [3.63, 3.8) is 0 Å². The lowest BCUT2D eigenvalue weighted by molar-refractivity contribution is -0.122. The zero-order chi connectivity index (χ0) is 17.7. The lowest BCUT2D eigenvalue weighted by atomic mass is 9.92. The molecule has 1 amide bonds. The number of hydrogen-bond acceptors (Lipinski definition) is 2. The minimum atomic E-state index is -0.562. The summed E-state index contributed by atoms with van der Waals surface area (Å²) >= 11 is 0. The van der Waals surface area contributed by atoms with E-state index in [2.05, 4.69) is 51.2 Å². The van der Waals surface area contributed by atoms with Crippen LogP contribution >= 0.6 is 0 Å². The van der Waals surface area contributed by atoms with Gasteiger partial charge in [0, 0.05) is 5.69 Å². The van der Waals surface area contributed by atoms with Crippen LogP contribution in [-0.4, -0.2) is 12.0 Å². The highest BCUT2D eigenvalue weighted by atomic mass is 16.5. The van der Waals surface area contributed by atoms with Crippen LogP contribution in [0.1, 0.15) is 57.6 Å². The first-order valence-corrected chi connectivity index (χ1v) is 8.55. The topological polar surface area (TPSA) is 38.3 Å². The number of carbonyl (C=O) groups is 1. The molecule has 128 valence electrons. The van der Waals surface area contributed by atoms with Crippen LogP contribution in [0.4, 0.5) is 5.69 Å². The average molecular weight is 325 g/mol. The molecule has 2 aromatic rings. The molecule has 0 aromatic heterocycles. The number of benzene rings is 2. The maximum absolute atomic E-state index is 12.6. The predicted molar refractivity (Wildman–Crippen MR) is 99.8 cm³/mol. The van der Waals surface area contributed by atoms with Crippen molar-refractivity contribution in [1.29, 1.82) is 0 Å². The Kier molecular flexibility index (Phi) is 6.02. The van der Waals surface area contributed by atoms with Gasteiger partial charge in [-0.05, 0) is 42.0 Å². The Bertz CT molecular complexity index is 651. The van der Waals surface area contributed by atoms with Crippen LogP contribution in [0.2, 0.25) is 0 Å². The number of hydrogen-bond donors (Lipinski definition) is 1. The summed E-state index contributed by atoms with van der Waals surface area (Å²) in [6, 6.07) is 15.6. The van der Waals surface area contributed by atoms with Crippen LogP contribution in [0.5, 0.6) is 5.75 Å². The molecule has 1 N–H and O–H groups in total. The van der Waals surface area contributed by atoms with Crippen LogP contribution in [-0.2, 0) is 4.79 Å². The normalized spacial score (nSPS) is 12.3. The number of rotatable bonds is 6. The van der Waals surface area contributed by atoms with Crippen molar-refractivity contribution < 1.29 is 9.53 Å². The molecule has 0 aliphatic carbocycles. The van der Waals surface area contributed by atoms with E-state index in [1.807, 2.05) is 30.3 Å². The summed E-state index contributed by atoms with van der Waals surface area (Å²) in [4.78, 5) is 12.6. The Morgan fingerprint density at radius 1 is 0.833 bits per heavy atom. The largest absolute Gasteiger partial charge is 0.481 e. The van der Waals surface area contributed by atoms with E-state index in [1.54, 1.807) is 6.92 Å². The molecule has 3 nitrogen and oxygen atoms in total. The van der Waals surface area contributed by atoms with Gasteiger partial charge in [0.1, 0.15) is 5.75 Å². The lowest BCUT2D eigenvalue weighted by Gasteiger charge is -2.22. The second-order valence-electron chi connectivity index (χ2n) is 6.68. The number of amides is 1. The molecule has 0 saturated carbocycles. The van der Waals surface area contributed by atoms with Crippen molar-refractivity contribution in [1.82, 2.24) is 0 Å². The number of para-hydroxylation sites is 2. The van der Waals surface area contributed by atoms with E-state index in [-0.39, 0.29) is 5.91 Å². The Hall–Kier alpha value is -2.29. The van der Waals surface area contributed by atoms with Crippen LogP contribution in [0, 0.1) is 0 Å². The van der Waals surface area contributed by atoms with Crippen LogP contribution in [0.15, 0.2) is 48.5 Å². The Morgan fingerprint density at radius 2 is 1.38 bits per heavy atom. The van der Waals surface area contributed by atoms with E-state index in [4.69, 9.17) is 4.74 Å². The third kappa shape index (κ3) is 4.38. The summed E-state index contributed by atoms with van der Waals surface area (Å²) in [6.07, 6.45) is -0.562. The fourth-order valence-corrected chi connectivity index (χ4v) is 2.68. The molecule has 24 heavy (non-hydrogen) atoms. The van der Waals surface area contributed by atoms with E-state index in [1.165, 1.54) is 0 Å². The van der Waals surface area contributed by atoms with Gasteiger partial charge in [0.2, 0.25) is 0 Å². The highest BCUT2D eigenvalue weighted by molar-refractivity contribution is 5.95. The number of carbonyl (C=O) groups excluding carboxylic acids is 1. The van der Waals surface area contributed by atoms with Gasteiger partial charge >= 0.3 is 0 Å². The summed E-state index contributed by atoms with van der Waals surface area (Å²) in [5.74, 6) is 1.24. The molecule has 0 fully saturated rings. The van der Waals surface area contributed by atoms with Crippen molar-refractivity contribution in [2.24, 2.45) is 0 Å². The fraction of sp³-hybridized carbons (Fsp3) is 0.381. The zero-order valence-corrected chi connectivity index (χ0v) is 15.2. The highest BCUT2D eigenvalue weighted by Gasteiger charge is 2.20. The molecule has 0 aliphatic rings. The maximum atomic E-state index is 12.6. The van der Waals surface area contributed by atoms with Gasteiger partial charge in [0.15, 0.2) is 6.10 Å². The first-order valence-electron chi connectivity index (χ1n) is 8.55. The smallest absolute Gasteiger partial charge is 0.265 e. The Morgan fingerprint density at radius 3 is 1.88 bits per heavy atom. The molecular weight excluding hydrogens is 298 g/mol. The molecule has 2 rings (SSSR count). The van der Waals surface area contributed by atoms with Crippen molar-refractivity contribution in [3.05, 3.63) is 59.7 Å². The van der Waals surface area contributed by atoms with Gasteiger partial charge in [-0.2, -0.15) is 0 Å². The first kappa shape index (κ1) is 18.1. The van der Waals surface area contributed by atoms with Gasteiger partial charge < -0.3 is 10.1 Å². The lowest BCUT2D eigenvalue weighted by Crippen LogP contribution is -2.31. The molecule has 0 aliphatic heterocycles. The Labute approximate surface area is 145 Å². The number of ether oxygens (including phenoxy) is 1. The molecule has 1 atom stereocenters. The molecule has 0 bridgehead atoms. The van der Waals surface area contributed by atoms with Crippen molar-refractivity contribution in [2.45, 2.75) is 52.6 Å². The molecular formula is C21H27NO2. The van der Waals surface area contributed by atoms with Gasteiger partial charge in [-0.25, -0.2) is 0 Å². The second-order valence-corrected chi connectivity index (χ2v) is 6.68. The van der Waals surface area contributed by atoms with E-state index >= 15 is 0 Å². The van der Waals surface area contributed by atoms with Crippen LogP contribution in [0.25, 0.3) is 0 Å². The quantitative estimate of drug-likeness (QED) is 0.778. The van der Waals surface area contributed by atoms with Gasteiger partial charge in [-0.15, -0.1) is 0 Å². The van der Waals surface area contributed by atoms with E-state index in [9.17, 15) is 4.79 Å². The summed E-state index contributed by atoms with van der Waals surface area (Å²) in [6.45, 7) is 10.3. The standard InChI is InChI=1S/C21H27NO2/c1-14(2)18-12-9-13-19(15(3)4)20(18)22-21(23)16(5)24-17-10-7-6-8-11-17/h6-16H,1-5H3,(H,22,23). The van der Waals surface area contributed by atoms with Gasteiger partial charge in [-0.1, -0.05) is 64.1 Å². The van der Waals surface area contributed by atoms with E-state index in [0.29, 0.717) is 17.6 Å². The molecule has 2 aromatic carbocycles. The average Bonchev–Trinajstić information content (AvgIpc) is 2.55. The maximum Gasteiger partial charge on any atom is 0.265 e. The highest BCUT2D eigenvalue weighted by Crippen LogP contribution is 2.32. The molecule has 1 unspecified atom stereocenters. The van der Waals surface area contributed by atoms with Crippen LogP contribution in [0.3, 0.4) is 0 Å². The van der Waals surface area contributed by atoms with E-state index in [0.717, 1.165) is 16.8 Å². The van der Waals surface area contributed by atoms with Gasteiger partial charge in [-0.3, -0.25) is 4.79 Å². The van der Waals surface area contributed by atoms with Crippen molar-refractivity contribution >= 4 is 11.6 Å². The minimum absolute atomic E-state index is 0.131. The fourth-order valence-electron chi connectivity index (χ4n) is 2.68. The molecule has 0 spiro atoms. The van der Waals surface area contributed by atoms with E-state index < -0.39 is 6.10 Å². The van der Waals surface area contributed by atoms with Crippen molar-refractivity contribution in [2.75, 3.05) is 5.32 Å². The minimum Gasteiger partial charge on any atom is -0.481 e. The molecule has 3 heteroatoms. The second kappa shape index (κ2) is 8.00. The number of anilines is 1. The monoisotopic (exact) mass is 325 g/mol. The van der Waals surface area contributed by atoms with Gasteiger partial charge in [0.25, 0.3) is 5.91 Å². The van der Waals surface area contributed by atoms with Gasteiger partial charge in [0.05, 0.1) is 0 Å². The summed E-state index contributed by atoms with van der Waals surface area (Å²) < 4.78 is 5.74. The third-order valence-corrected chi connectivity index (χ3v) is 4.05. The first-order chi connectivity index (χ1) is 11.4. The molecule has 0 saturated heterocycles. The zero-order valence-electron chi connectivity index (χ0n) is 15.2. The predicted octanol–water partition coefficient (Wildman–Crippen LogP) is 5.34. The Balaban J connectivity index is 2.21. The summed E-state index contributed by atoms with van der Waals surface area (Å²) in [7, 11) is 0. The third-order valence-electron chi connectivity index (χ3n) is 4.05. The summed E-state index contributed by atoms with van der Waals surface area (Å²) in [5, 5.41) is 3.10. The number of nitrogens with one attached hydrogen (secondary N) is 1. The molecule has 0 heterocycles. The van der Waals surface area contributed by atoms with Crippen molar-refractivity contribution in [3.8, 4) is 5.75 Å². The SMILES string of the molecule is CC(Oc1ccccc1)C(=O)Nc1c(C(C)C)cccc1C(C)C.